The number of halogens is 3. The maximum absolute atomic E-state index is 12.4. The number of sulfonamides is 1. The molecule has 0 saturated heterocycles. The third-order valence-electron chi connectivity index (χ3n) is 2.42. The highest BCUT2D eigenvalue weighted by molar-refractivity contribution is 7.92. The highest BCUT2D eigenvalue weighted by Crippen LogP contribution is 2.31. The van der Waals surface area contributed by atoms with Crippen LogP contribution in [0.3, 0.4) is 0 Å². The molecule has 0 saturated carbocycles. The van der Waals surface area contributed by atoms with Crippen LogP contribution in [-0.2, 0) is 27.0 Å². The number of primary sulfonamides is 1. The van der Waals surface area contributed by atoms with Gasteiger partial charge in [-0.3, -0.25) is 0 Å². The van der Waals surface area contributed by atoms with Crippen molar-refractivity contribution in [2.24, 2.45) is 5.14 Å². The first-order valence-electron chi connectivity index (χ1n) is 5.31. The molecule has 0 amide bonds. The number of alkyl halides is 3. The van der Waals surface area contributed by atoms with Crippen molar-refractivity contribution < 1.29 is 25.8 Å². The summed E-state index contributed by atoms with van der Waals surface area (Å²) in [6, 6.07) is 6.35. The van der Waals surface area contributed by atoms with Crippen molar-refractivity contribution in [2.75, 3.05) is 0 Å². The maximum atomic E-state index is 12.4. The molecule has 2 rings (SSSR count). The monoisotopic (exact) mass is 355 g/mol. The lowest BCUT2D eigenvalue weighted by molar-refractivity contribution is -0.137. The molecule has 21 heavy (non-hydrogen) atoms. The van der Waals surface area contributed by atoms with E-state index < -0.39 is 32.6 Å². The second kappa shape index (κ2) is 5.52. The molecule has 0 fully saturated rings. The Morgan fingerprint density at radius 1 is 1.05 bits per heavy atom. The van der Waals surface area contributed by atoms with E-state index in [1.54, 1.807) is 0 Å². The lowest BCUT2D eigenvalue weighted by atomic mass is 10.2. The average molecular weight is 355 g/mol. The fourth-order valence-corrected chi connectivity index (χ4v) is 4.73. The molecule has 0 aliphatic carbocycles. The topological polar surface area (TPSA) is 77.2 Å². The molecule has 114 valence electrons. The van der Waals surface area contributed by atoms with E-state index in [0.717, 1.165) is 35.6 Å². The predicted octanol–water partition coefficient (Wildman–Crippen LogP) is 2.58. The first kappa shape index (κ1) is 16.1. The van der Waals surface area contributed by atoms with Crippen molar-refractivity contribution >= 4 is 32.2 Å². The number of hydrogen-bond acceptors (Lipinski definition) is 4. The number of thiophene rings is 1. The summed E-state index contributed by atoms with van der Waals surface area (Å²) in [6.07, 6.45) is -4.47. The van der Waals surface area contributed by atoms with E-state index in [9.17, 15) is 25.8 Å². The van der Waals surface area contributed by atoms with Gasteiger partial charge in [-0.25, -0.2) is 17.8 Å². The zero-order valence-electron chi connectivity index (χ0n) is 10.1. The molecule has 10 heteroatoms. The fraction of sp³-hybridized carbons (Fsp3) is 0.0909. The van der Waals surface area contributed by atoms with E-state index in [-0.39, 0.29) is 13.3 Å². The van der Waals surface area contributed by atoms with Crippen LogP contribution in [0.2, 0.25) is 0 Å². The molecular weight excluding hydrogens is 347 g/mol. The molecule has 0 spiro atoms. The summed E-state index contributed by atoms with van der Waals surface area (Å²) in [7, 11) is -5.65. The number of rotatable bonds is 3. The number of nitrogens with two attached hydrogens (primary N) is 1. The summed E-state index contributed by atoms with van der Waals surface area (Å²) in [5, 5.41) is 4.94. The molecule has 0 aliphatic rings. The fourth-order valence-electron chi connectivity index (χ4n) is 1.44. The summed E-state index contributed by atoms with van der Waals surface area (Å²) in [5.41, 5.74) is -0.848. The number of hydrogen-bond donors (Lipinski definition) is 1. The minimum absolute atomic E-state index is 0.144. The van der Waals surface area contributed by atoms with Gasteiger partial charge in [-0.15, -0.1) is 11.3 Å². The summed E-state index contributed by atoms with van der Waals surface area (Å²) in [6.45, 7) is 0. The highest BCUT2D eigenvalue weighted by Gasteiger charge is 2.30. The first-order chi connectivity index (χ1) is 9.59. The Kier molecular flexibility index (Phi) is 4.24. The zero-order chi connectivity index (χ0) is 15.8. The summed E-state index contributed by atoms with van der Waals surface area (Å²) in [4.78, 5) is 0.144. The van der Waals surface area contributed by atoms with Gasteiger partial charge in [-0.2, -0.15) is 13.2 Å². The molecule has 1 aromatic carbocycles. The van der Waals surface area contributed by atoms with Crippen molar-refractivity contribution in [3.8, 4) is 0 Å². The average Bonchev–Trinajstić information content (AvgIpc) is 2.86. The zero-order valence-corrected chi connectivity index (χ0v) is 12.6. The van der Waals surface area contributed by atoms with Crippen LogP contribution in [-0.4, -0.2) is 12.6 Å². The second-order valence-electron chi connectivity index (χ2n) is 3.91. The molecule has 1 aromatic heterocycles. The quantitative estimate of drug-likeness (QED) is 0.919. The van der Waals surface area contributed by atoms with Gasteiger partial charge in [0.25, 0.3) is 0 Å². The Balaban J connectivity index is 2.30. The third-order valence-corrected chi connectivity index (χ3v) is 6.64. The van der Waals surface area contributed by atoms with Crippen LogP contribution in [0.4, 0.5) is 13.2 Å². The maximum Gasteiger partial charge on any atom is 0.416 e. The molecule has 1 heterocycles. The van der Waals surface area contributed by atoms with Crippen molar-refractivity contribution in [1.82, 2.24) is 0 Å². The Morgan fingerprint density at radius 2 is 1.62 bits per heavy atom. The lowest BCUT2D eigenvalue weighted by Gasteiger charge is -2.06. The molecule has 2 aromatic rings. The molecule has 0 radical (unpaired) electrons. The third kappa shape index (κ3) is 3.70. The molecule has 4 nitrogen and oxygen atoms in total. The normalized spacial score (nSPS) is 14.1. The van der Waals surface area contributed by atoms with Crippen LogP contribution >= 0.6 is 11.3 Å². The molecule has 0 aliphatic heterocycles. The van der Waals surface area contributed by atoms with Crippen LogP contribution in [0.1, 0.15) is 5.56 Å². The molecular formula is C11H8F3NO3S3. The van der Waals surface area contributed by atoms with E-state index >= 15 is 0 Å². The SMILES string of the molecule is NS(=O)(=O)c1ccc([S@@](=O)c2ccc(C(F)(F)F)cc2)s1. The molecule has 1 atom stereocenters. The van der Waals surface area contributed by atoms with E-state index in [1.165, 1.54) is 12.1 Å². The van der Waals surface area contributed by atoms with Gasteiger partial charge in [0.15, 0.2) is 0 Å². The Morgan fingerprint density at radius 3 is 2.05 bits per heavy atom. The Labute approximate surface area is 124 Å². The molecule has 0 bridgehead atoms. The van der Waals surface area contributed by atoms with Gasteiger partial charge in [0.2, 0.25) is 10.0 Å². The summed E-state index contributed by atoms with van der Waals surface area (Å²) >= 11 is 0.717. The first-order valence-corrected chi connectivity index (χ1v) is 8.82. The van der Waals surface area contributed by atoms with E-state index in [0.29, 0.717) is 0 Å². The van der Waals surface area contributed by atoms with Gasteiger partial charge in [0, 0.05) is 4.90 Å². The van der Waals surface area contributed by atoms with Gasteiger partial charge in [-0.1, -0.05) is 0 Å². The Bertz CT molecular complexity index is 779. The Hall–Kier alpha value is -1.23. The van der Waals surface area contributed by atoms with Crippen molar-refractivity contribution in [1.29, 1.82) is 0 Å². The van der Waals surface area contributed by atoms with Crippen molar-refractivity contribution in [3.63, 3.8) is 0 Å². The van der Waals surface area contributed by atoms with Crippen molar-refractivity contribution in [2.45, 2.75) is 19.5 Å². The van der Waals surface area contributed by atoms with Gasteiger partial charge in [-0.05, 0) is 36.4 Å². The van der Waals surface area contributed by atoms with E-state index in [2.05, 4.69) is 0 Å². The van der Waals surface area contributed by atoms with Gasteiger partial charge in [0.1, 0.15) is 4.21 Å². The minimum Gasteiger partial charge on any atom is -0.248 e. The summed E-state index contributed by atoms with van der Waals surface area (Å²) in [5.74, 6) is 0. The van der Waals surface area contributed by atoms with Gasteiger partial charge in [0.05, 0.1) is 20.6 Å². The molecule has 2 N–H and O–H groups in total. The van der Waals surface area contributed by atoms with E-state index in [4.69, 9.17) is 5.14 Å². The minimum atomic E-state index is -4.47. The smallest absolute Gasteiger partial charge is 0.248 e. The van der Waals surface area contributed by atoms with Gasteiger partial charge >= 0.3 is 6.18 Å². The predicted molar refractivity (Wildman–Crippen MR) is 71.8 cm³/mol. The highest BCUT2D eigenvalue weighted by atomic mass is 32.3. The second-order valence-corrected chi connectivity index (χ2v) is 8.49. The van der Waals surface area contributed by atoms with Crippen molar-refractivity contribution in [3.05, 3.63) is 42.0 Å². The van der Waals surface area contributed by atoms with Crippen LogP contribution < -0.4 is 5.14 Å². The summed E-state index contributed by atoms with van der Waals surface area (Å²) < 4.78 is 71.7. The van der Waals surface area contributed by atoms with Crippen LogP contribution in [0.5, 0.6) is 0 Å². The van der Waals surface area contributed by atoms with Crippen LogP contribution in [0.25, 0.3) is 0 Å². The van der Waals surface area contributed by atoms with E-state index in [1.807, 2.05) is 0 Å². The number of benzene rings is 1. The van der Waals surface area contributed by atoms with Gasteiger partial charge < -0.3 is 0 Å². The lowest BCUT2D eigenvalue weighted by Crippen LogP contribution is -2.09. The standard InChI is InChI=1S/C11H8F3NO3S3/c12-11(13,14)7-1-3-8(4-2-7)20(16)9-5-6-10(19-9)21(15,17)18/h1-6H,(H2,15,17,18)/t20-/m0/s1. The largest absolute Gasteiger partial charge is 0.416 e. The van der Waals surface area contributed by atoms with Crippen LogP contribution in [0, 0.1) is 0 Å². The molecule has 0 unspecified atom stereocenters. The van der Waals surface area contributed by atoms with Crippen LogP contribution in [0.15, 0.2) is 49.7 Å².